The number of benzene rings is 1. The molecule has 3 unspecified atom stereocenters. The first kappa shape index (κ1) is 22.3. The van der Waals surface area contributed by atoms with Crippen LogP contribution in [-0.2, 0) is 20.9 Å². The lowest BCUT2D eigenvalue weighted by Crippen LogP contribution is -2.51. The van der Waals surface area contributed by atoms with Crippen molar-refractivity contribution in [2.45, 2.75) is 65.5 Å². The molecule has 0 bridgehead atoms. The molecular weight excluding hydrogens is 378 g/mol. The van der Waals surface area contributed by atoms with Crippen LogP contribution in [0.2, 0.25) is 0 Å². The van der Waals surface area contributed by atoms with Gasteiger partial charge < -0.3 is 15.1 Å². The summed E-state index contributed by atoms with van der Waals surface area (Å²) in [5.74, 6) is -0.354. The molecule has 2 aliphatic rings. The number of hydrogen-bond acceptors (Lipinski definition) is 3. The highest BCUT2D eigenvalue weighted by molar-refractivity contribution is 5.90. The van der Waals surface area contributed by atoms with Gasteiger partial charge in [0.2, 0.25) is 17.7 Å². The van der Waals surface area contributed by atoms with Gasteiger partial charge in [-0.3, -0.25) is 14.4 Å². The molecule has 3 atom stereocenters. The molecule has 1 aromatic rings. The van der Waals surface area contributed by atoms with E-state index in [0.29, 0.717) is 26.2 Å². The molecule has 0 spiro atoms. The largest absolute Gasteiger partial charge is 0.356 e. The second-order valence-electron chi connectivity index (χ2n) is 8.92. The van der Waals surface area contributed by atoms with Crippen molar-refractivity contribution < 1.29 is 14.4 Å². The minimum atomic E-state index is -0.313. The fourth-order valence-corrected chi connectivity index (χ4v) is 4.40. The van der Waals surface area contributed by atoms with E-state index < -0.39 is 0 Å². The molecular formula is C24H35N3O3. The Morgan fingerprint density at radius 2 is 1.83 bits per heavy atom. The summed E-state index contributed by atoms with van der Waals surface area (Å²) in [7, 11) is 0. The Hall–Kier alpha value is -2.37. The fraction of sp³-hybridized carbons (Fsp3) is 0.625. The molecule has 164 valence electrons. The molecule has 2 saturated heterocycles. The van der Waals surface area contributed by atoms with Crippen LogP contribution in [0.5, 0.6) is 0 Å². The second kappa shape index (κ2) is 10.1. The molecule has 1 N–H and O–H groups in total. The molecule has 6 nitrogen and oxygen atoms in total. The van der Waals surface area contributed by atoms with Gasteiger partial charge in [0.15, 0.2) is 0 Å². The normalized spacial score (nSPS) is 24.2. The van der Waals surface area contributed by atoms with Crippen LogP contribution in [0.4, 0.5) is 0 Å². The van der Waals surface area contributed by atoms with Crippen molar-refractivity contribution >= 4 is 17.7 Å². The van der Waals surface area contributed by atoms with Gasteiger partial charge in [-0.15, -0.1) is 0 Å². The summed E-state index contributed by atoms with van der Waals surface area (Å²) in [5.41, 5.74) is 2.27. The van der Waals surface area contributed by atoms with Gasteiger partial charge in [-0.1, -0.05) is 43.2 Å². The summed E-state index contributed by atoms with van der Waals surface area (Å²) in [4.78, 5) is 41.9. The number of hydrogen-bond donors (Lipinski definition) is 1. The van der Waals surface area contributed by atoms with Crippen molar-refractivity contribution in [2.24, 2.45) is 11.8 Å². The first-order chi connectivity index (χ1) is 14.4. The molecule has 3 amide bonds. The summed E-state index contributed by atoms with van der Waals surface area (Å²) < 4.78 is 0. The molecule has 0 radical (unpaired) electrons. The zero-order valence-electron chi connectivity index (χ0n) is 18.5. The lowest BCUT2D eigenvalue weighted by molar-refractivity contribution is -0.142. The van der Waals surface area contributed by atoms with Crippen molar-refractivity contribution in [1.29, 1.82) is 0 Å². The molecule has 2 heterocycles. The van der Waals surface area contributed by atoms with Gasteiger partial charge in [-0.05, 0) is 38.7 Å². The topological polar surface area (TPSA) is 69.7 Å². The van der Waals surface area contributed by atoms with E-state index in [0.717, 1.165) is 31.2 Å². The highest BCUT2D eigenvalue weighted by Gasteiger charge is 2.40. The zero-order valence-corrected chi connectivity index (χ0v) is 18.5. The predicted molar refractivity (Wildman–Crippen MR) is 117 cm³/mol. The quantitative estimate of drug-likeness (QED) is 0.699. The number of amides is 3. The van der Waals surface area contributed by atoms with Gasteiger partial charge in [0.1, 0.15) is 0 Å². The third kappa shape index (κ3) is 5.41. The number of rotatable bonds is 7. The van der Waals surface area contributed by atoms with E-state index in [4.69, 9.17) is 0 Å². The Balaban J connectivity index is 1.58. The molecule has 3 rings (SSSR count). The van der Waals surface area contributed by atoms with E-state index in [1.807, 2.05) is 43.0 Å². The van der Waals surface area contributed by atoms with E-state index >= 15 is 0 Å². The number of unbranched alkanes of at least 4 members (excludes halogenated alkanes) is 1. The SMILES string of the molecule is CCCCNC(=O)C1CCC(C)N(C(=O)C2CC(=O)N(Cc3ccc(C)cc3)C2)C1. The first-order valence-electron chi connectivity index (χ1n) is 11.3. The van der Waals surface area contributed by atoms with Crippen LogP contribution in [0.3, 0.4) is 0 Å². The van der Waals surface area contributed by atoms with E-state index in [1.165, 1.54) is 5.56 Å². The van der Waals surface area contributed by atoms with Gasteiger partial charge in [-0.25, -0.2) is 0 Å². The number of aryl methyl sites for hydroxylation is 1. The van der Waals surface area contributed by atoms with Crippen molar-refractivity contribution in [2.75, 3.05) is 19.6 Å². The van der Waals surface area contributed by atoms with Crippen LogP contribution in [0, 0.1) is 18.8 Å². The molecule has 6 heteroatoms. The number of nitrogens with zero attached hydrogens (tertiary/aromatic N) is 2. The molecule has 2 fully saturated rings. The van der Waals surface area contributed by atoms with Gasteiger partial charge >= 0.3 is 0 Å². The smallest absolute Gasteiger partial charge is 0.228 e. The number of nitrogens with one attached hydrogen (secondary N) is 1. The molecule has 2 aliphatic heterocycles. The van der Waals surface area contributed by atoms with Crippen molar-refractivity contribution in [1.82, 2.24) is 15.1 Å². The summed E-state index contributed by atoms with van der Waals surface area (Å²) >= 11 is 0. The third-order valence-electron chi connectivity index (χ3n) is 6.42. The summed E-state index contributed by atoms with van der Waals surface area (Å²) in [6.07, 6.45) is 3.92. The Bertz CT molecular complexity index is 761. The zero-order chi connectivity index (χ0) is 21.7. The highest BCUT2D eigenvalue weighted by atomic mass is 16.2. The average molecular weight is 414 g/mol. The number of carbonyl (C=O) groups excluding carboxylic acids is 3. The van der Waals surface area contributed by atoms with Crippen LogP contribution < -0.4 is 5.32 Å². The molecule has 0 saturated carbocycles. The minimum absolute atomic E-state index is 0.0216. The van der Waals surface area contributed by atoms with E-state index in [9.17, 15) is 14.4 Å². The first-order valence-corrected chi connectivity index (χ1v) is 11.3. The lowest BCUT2D eigenvalue weighted by atomic mass is 9.91. The highest BCUT2D eigenvalue weighted by Crippen LogP contribution is 2.28. The van der Waals surface area contributed by atoms with E-state index in [2.05, 4.69) is 12.2 Å². The summed E-state index contributed by atoms with van der Waals surface area (Å²) in [5, 5.41) is 3.00. The van der Waals surface area contributed by atoms with Crippen LogP contribution >= 0.6 is 0 Å². The van der Waals surface area contributed by atoms with Crippen molar-refractivity contribution in [3.63, 3.8) is 0 Å². The predicted octanol–water partition coefficient (Wildman–Crippen LogP) is 2.89. The lowest BCUT2D eigenvalue weighted by Gasteiger charge is -2.38. The Kier molecular flexibility index (Phi) is 7.51. The monoisotopic (exact) mass is 413 g/mol. The second-order valence-corrected chi connectivity index (χ2v) is 8.92. The van der Waals surface area contributed by atoms with Crippen molar-refractivity contribution in [3.05, 3.63) is 35.4 Å². The average Bonchev–Trinajstić information content (AvgIpc) is 3.10. The fourth-order valence-electron chi connectivity index (χ4n) is 4.40. The summed E-state index contributed by atoms with van der Waals surface area (Å²) in [6.45, 7) is 8.34. The van der Waals surface area contributed by atoms with Gasteiger partial charge in [0.05, 0.1) is 11.8 Å². The third-order valence-corrected chi connectivity index (χ3v) is 6.42. The van der Waals surface area contributed by atoms with Crippen LogP contribution in [0.25, 0.3) is 0 Å². The van der Waals surface area contributed by atoms with Gasteiger partial charge in [0, 0.05) is 38.6 Å². The number of piperidine rings is 1. The van der Waals surface area contributed by atoms with Crippen LogP contribution in [0.1, 0.15) is 57.1 Å². The van der Waals surface area contributed by atoms with Crippen LogP contribution in [-0.4, -0.2) is 53.2 Å². The number of likely N-dealkylation sites (tertiary alicyclic amines) is 2. The Morgan fingerprint density at radius 3 is 2.53 bits per heavy atom. The minimum Gasteiger partial charge on any atom is -0.356 e. The van der Waals surface area contributed by atoms with Gasteiger partial charge in [-0.2, -0.15) is 0 Å². The number of carbonyl (C=O) groups is 3. The Labute approximate surface area is 180 Å². The molecule has 0 aliphatic carbocycles. The summed E-state index contributed by atoms with van der Waals surface area (Å²) in [6, 6.07) is 8.26. The van der Waals surface area contributed by atoms with E-state index in [1.54, 1.807) is 4.90 Å². The van der Waals surface area contributed by atoms with Crippen LogP contribution in [0.15, 0.2) is 24.3 Å². The maximum absolute atomic E-state index is 13.2. The molecule has 0 aromatic heterocycles. The van der Waals surface area contributed by atoms with Crippen molar-refractivity contribution in [3.8, 4) is 0 Å². The van der Waals surface area contributed by atoms with Gasteiger partial charge in [0.25, 0.3) is 0 Å². The molecule has 30 heavy (non-hydrogen) atoms. The standard InChI is InChI=1S/C24H35N3O3/c1-4-5-12-25-23(29)20-11-8-18(3)27(16-20)24(30)21-13-22(28)26(15-21)14-19-9-6-17(2)7-10-19/h6-7,9-10,18,20-21H,4-5,8,11-16H2,1-3H3,(H,25,29). The maximum Gasteiger partial charge on any atom is 0.228 e. The molecule has 1 aromatic carbocycles. The van der Waals surface area contributed by atoms with E-state index in [-0.39, 0.29) is 42.0 Å². The Morgan fingerprint density at radius 1 is 1.10 bits per heavy atom. The maximum atomic E-state index is 13.2.